The predicted octanol–water partition coefficient (Wildman–Crippen LogP) is 1.63. The maximum absolute atomic E-state index is 11.7. The highest BCUT2D eigenvalue weighted by Crippen LogP contribution is 2.48. The Hall–Kier alpha value is 0.860. The summed E-state index contributed by atoms with van der Waals surface area (Å²) in [6.45, 7) is 0. The van der Waals surface area contributed by atoms with Gasteiger partial charge in [0.05, 0.1) is 23.0 Å². The van der Waals surface area contributed by atoms with E-state index in [2.05, 4.69) is 31.9 Å². The van der Waals surface area contributed by atoms with Crippen molar-refractivity contribution in [1.29, 1.82) is 0 Å². The van der Waals surface area contributed by atoms with Crippen molar-refractivity contribution >= 4 is 51.5 Å². The largest absolute Gasteiger partial charge is 0.229 e. The van der Waals surface area contributed by atoms with Crippen LogP contribution in [-0.2, 0) is 19.7 Å². The lowest BCUT2D eigenvalue weighted by molar-refractivity contribution is 0.163. The highest BCUT2D eigenvalue weighted by atomic mass is 79.9. The van der Waals surface area contributed by atoms with Gasteiger partial charge >= 0.3 is 0 Å². The van der Waals surface area contributed by atoms with Gasteiger partial charge in [0.1, 0.15) is 0 Å². The monoisotopic (exact) mass is 436 g/mol. The zero-order chi connectivity index (χ0) is 14.3. The molecule has 0 N–H and O–H groups in total. The highest BCUT2D eigenvalue weighted by molar-refractivity contribution is 9.09. The molecule has 0 bridgehead atoms. The second-order valence-corrected chi connectivity index (χ2v) is 11.3. The first-order valence-electron chi connectivity index (χ1n) is 6.27. The topological polar surface area (TPSA) is 68.3 Å². The van der Waals surface area contributed by atoms with Crippen LogP contribution < -0.4 is 0 Å². The van der Waals surface area contributed by atoms with Crippen LogP contribution in [0.4, 0.5) is 0 Å². The summed E-state index contributed by atoms with van der Waals surface area (Å²) >= 11 is 7.02. The summed E-state index contributed by atoms with van der Waals surface area (Å²) in [6.07, 6.45) is 1.30. The molecule has 2 saturated heterocycles. The van der Waals surface area contributed by atoms with Crippen molar-refractivity contribution < 1.29 is 16.8 Å². The van der Waals surface area contributed by atoms with Gasteiger partial charge in [-0.25, -0.2) is 16.8 Å². The van der Waals surface area contributed by atoms with Gasteiger partial charge in [0.2, 0.25) is 0 Å². The third-order valence-corrected chi connectivity index (χ3v) is 10.2. The zero-order valence-corrected chi connectivity index (χ0v) is 15.3. The van der Waals surface area contributed by atoms with Crippen molar-refractivity contribution in [1.82, 2.24) is 0 Å². The molecule has 0 aromatic heterocycles. The van der Waals surface area contributed by atoms with E-state index in [1.807, 2.05) is 0 Å². The molecule has 0 aromatic carbocycles. The lowest BCUT2D eigenvalue weighted by Crippen LogP contribution is -2.43. The van der Waals surface area contributed by atoms with Gasteiger partial charge in [0, 0.05) is 10.7 Å². The SMILES string of the molecule is O=S1(=O)CCC(C(CBr)(CBr)C2CCS(=O)(=O)C2)C1. The minimum absolute atomic E-state index is 0.0505. The molecule has 2 rings (SSSR count). The van der Waals surface area contributed by atoms with E-state index in [4.69, 9.17) is 0 Å². The molecule has 0 radical (unpaired) electrons. The van der Waals surface area contributed by atoms with Gasteiger partial charge in [0.15, 0.2) is 19.7 Å². The Balaban J connectivity index is 2.28. The Morgan fingerprint density at radius 2 is 1.21 bits per heavy atom. The summed E-state index contributed by atoms with van der Waals surface area (Å²) in [5.41, 5.74) is -0.271. The first-order chi connectivity index (χ1) is 8.75. The van der Waals surface area contributed by atoms with Crippen LogP contribution in [0.3, 0.4) is 0 Å². The van der Waals surface area contributed by atoms with E-state index in [0.717, 1.165) is 0 Å². The van der Waals surface area contributed by atoms with E-state index < -0.39 is 19.7 Å². The van der Waals surface area contributed by atoms with Gasteiger partial charge < -0.3 is 0 Å². The third-order valence-electron chi connectivity index (χ3n) is 4.59. The van der Waals surface area contributed by atoms with Crippen LogP contribution in [0.2, 0.25) is 0 Å². The average Bonchev–Trinajstić information content (AvgIpc) is 2.85. The van der Waals surface area contributed by atoms with Crippen LogP contribution in [0.15, 0.2) is 0 Å². The summed E-state index contributed by atoms with van der Waals surface area (Å²) in [5.74, 6) is 0.961. The maximum Gasteiger partial charge on any atom is 0.150 e. The number of sulfone groups is 2. The Morgan fingerprint density at radius 3 is 1.42 bits per heavy atom. The average molecular weight is 438 g/mol. The number of halogens is 2. The molecule has 2 fully saturated rings. The molecule has 0 aromatic rings. The molecule has 112 valence electrons. The highest BCUT2D eigenvalue weighted by Gasteiger charge is 2.51. The fourth-order valence-corrected chi connectivity index (χ4v) is 9.91. The fraction of sp³-hybridized carbons (Fsp3) is 1.00. The first kappa shape index (κ1) is 16.2. The molecule has 0 amide bonds. The van der Waals surface area contributed by atoms with Crippen LogP contribution in [-0.4, -0.2) is 50.5 Å². The number of alkyl halides is 2. The molecule has 0 aliphatic carbocycles. The maximum atomic E-state index is 11.7. The Labute approximate surface area is 131 Å². The van der Waals surface area contributed by atoms with Crippen LogP contribution in [0.1, 0.15) is 12.8 Å². The Kier molecular flexibility index (Phi) is 4.76. The Bertz CT molecular complexity index is 491. The molecule has 2 atom stereocenters. The summed E-state index contributed by atoms with van der Waals surface area (Å²) < 4.78 is 46.9. The molecule has 2 unspecified atom stereocenters. The summed E-state index contributed by atoms with van der Waals surface area (Å²) in [6, 6.07) is 0. The van der Waals surface area contributed by atoms with Crippen molar-refractivity contribution in [3.63, 3.8) is 0 Å². The van der Waals surface area contributed by atoms with Crippen molar-refractivity contribution in [2.45, 2.75) is 12.8 Å². The van der Waals surface area contributed by atoms with Crippen LogP contribution in [0, 0.1) is 17.3 Å². The zero-order valence-electron chi connectivity index (χ0n) is 10.5. The van der Waals surface area contributed by atoms with Gasteiger partial charge in [-0.3, -0.25) is 0 Å². The predicted molar refractivity (Wildman–Crippen MR) is 83.5 cm³/mol. The van der Waals surface area contributed by atoms with Crippen LogP contribution in [0.25, 0.3) is 0 Å². The van der Waals surface area contributed by atoms with Crippen molar-refractivity contribution in [3.8, 4) is 0 Å². The molecule has 0 saturated carbocycles. The normalized spacial score (nSPS) is 33.6. The molecular formula is C11H18Br2O4S2. The standard InChI is InChI=1S/C11H18Br2O4S2/c12-7-11(8-13,9-1-3-18(14,15)5-9)10-2-4-19(16,17)6-10/h9-10H,1-8H2. The second-order valence-electron chi connectivity index (χ2n) is 5.70. The Morgan fingerprint density at radius 1 is 0.842 bits per heavy atom. The molecular weight excluding hydrogens is 420 g/mol. The van der Waals surface area contributed by atoms with E-state index >= 15 is 0 Å². The quantitative estimate of drug-likeness (QED) is 0.626. The van der Waals surface area contributed by atoms with Crippen molar-refractivity contribution in [3.05, 3.63) is 0 Å². The van der Waals surface area contributed by atoms with E-state index in [-0.39, 0.29) is 40.3 Å². The van der Waals surface area contributed by atoms with E-state index in [1.54, 1.807) is 0 Å². The molecule has 2 aliphatic heterocycles. The van der Waals surface area contributed by atoms with Gasteiger partial charge in [-0.1, -0.05) is 31.9 Å². The van der Waals surface area contributed by atoms with E-state index in [1.165, 1.54) is 0 Å². The van der Waals surface area contributed by atoms with E-state index in [0.29, 0.717) is 23.5 Å². The first-order valence-corrected chi connectivity index (χ1v) is 12.2. The van der Waals surface area contributed by atoms with Gasteiger partial charge in [-0.05, 0) is 30.1 Å². The minimum Gasteiger partial charge on any atom is -0.229 e. The van der Waals surface area contributed by atoms with Gasteiger partial charge in [-0.15, -0.1) is 0 Å². The molecule has 0 spiro atoms. The van der Waals surface area contributed by atoms with Crippen LogP contribution in [0.5, 0.6) is 0 Å². The minimum atomic E-state index is -2.95. The van der Waals surface area contributed by atoms with Crippen molar-refractivity contribution in [2.24, 2.45) is 17.3 Å². The van der Waals surface area contributed by atoms with Gasteiger partial charge in [0.25, 0.3) is 0 Å². The molecule has 4 nitrogen and oxygen atoms in total. The fourth-order valence-electron chi connectivity index (χ4n) is 3.30. The summed E-state index contributed by atoms with van der Waals surface area (Å²) in [7, 11) is -5.90. The number of hydrogen-bond donors (Lipinski definition) is 0. The summed E-state index contributed by atoms with van der Waals surface area (Å²) in [5, 5.41) is 1.29. The molecule has 8 heteroatoms. The van der Waals surface area contributed by atoms with Crippen LogP contribution >= 0.6 is 31.9 Å². The smallest absolute Gasteiger partial charge is 0.150 e. The number of rotatable bonds is 4. The molecule has 2 aliphatic rings. The summed E-state index contributed by atoms with van der Waals surface area (Å²) in [4.78, 5) is 0. The molecule has 19 heavy (non-hydrogen) atoms. The lowest BCUT2D eigenvalue weighted by Gasteiger charge is -2.40. The van der Waals surface area contributed by atoms with Gasteiger partial charge in [-0.2, -0.15) is 0 Å². The van der Waals surface area contributed by atoms with Crippen molar-refractivity contribution in [2.75, 3.05) is 33.7 Å². The van der Waals surface area contributed by atoms with E-state index in [9.17, 15) is 16.8 Å². The molecule has 2 heterocycles. The second kappa shape index (κ2) is 5.57. The number of hydrogen-bond acceptors (Lipinski definition) is 4. The lowest BCUT2D eigenvalue weighted by atomic mass is 9.69. The third kappa shape index (κ3) is 3.21.